The number of hydrogen-bond donors (Lipinski definition) is 3. The summed E-state index contributed by atoms with van der Waals surface area (Å²) in [5.74, 6) is -0.210. The number of amides is 2. The van der Waals surface area contributed by atoms with Crippen LogP contribution in [0.3, 0.4) is 0 Å². The van der Waals surface area contributed by atoms with Crippen molar-refractivity contribution in [2.24, 2.45) is 5.92 Å². The molecule has 1 fully saturated rings. The van der Waals surface area contributed by atoms with Crippen LogP contribution in [0.25, 0.3) is 0 Å². The third-order valence-electron chi connectivity index (χ3n) is 5.25. The maximum atomic E-state index is 12.7. The van der Waals surface area contributed by atoms with Crippen molar-refractivity contribution in [3.63, 3.8) is 0 Å². The van der Waals surface area contributed by atoms with Gasteiger partial charge in [-0.25, -0.2) is 0 Å². The van der Waals surface area contributed by atoms with Gasteiger partial charge in [-0.1, -0.05) is 30.3 Å². The van der Waals surface area contributed by atoms with E-state index in [-0.39, 0.29) is 23.9 Å². The number of nitrogens with zero attached hydrogens (tertiary/aromatic N) is 1. The number of rotatable bonds is 7. The van der Waals surface area contributed by atoms with Crippen LogP contribution in [0.2, 0.25) is 0 Å². The van der Waals surface area contributed by atoms with Crippen molar-refractivity contribution in [3.8, 4) is 0 Å². The molecule has 1 unspecified atom stereocenters. The highest BCUT2D eigenvalue weighted by Crippen LogP contribution is 2.13. The molecule has 0 aliphatic carbocycles. The Balaban J connectivity index is 0.00000320. The van der Waals surface area contributed by atoms with Gasteiger partial charge in [0.15, 0.2) is 0 Å². The summed E-state index contributed by atoms with van der Waals surface area (Å²) >= 11 is 0. The predicted molar refractivity (Wildman–Crippen MR) is 119 cm³/mol. The molecule has 1 saturated heterocycles. The molecule has 30 heavy (non-hydrogen) atoms. The van der Waals surface area contributed by atoms with Gasteiger partial charge < -0.3 is 20.5 Å². The average molecular weight is 433 g/mol. The zero-order valence-electron chi connectivity index (χ0n) is 17.1. The fourth-order valence-electron chi connectivity index (χ4n) is 3.62. The summed E-state index contributed by atoms with van der Waals surface area (Å²) in [6.07, 6.45) is 4.77. The van der Waals surface area contributed by atoms with Crippen LogP contribution in [0, 0.1) is 5.92 Å². The van der Waals surface area contributed by atoms with E-state index in [1.165, 1.54) is 36.7 Å². The number of pyridine rings is 1. The summed E-state index contributed by atoms with van der Waals surface area (Å²) in [5, 5.41) is 8.77. The van der Waals surface area contributed by atoms with Crippen molar-refractivity contribution in [3.05, 3.63) is 69.6 Å². The zero-order chi connectivity index (χ0) is 20.6. The highest BCUT2D eigenvalue weighted by atomic mass is 35.5. The Kier molecular flexibility index (Phi) is 9.08. The average Bonchev–Trinajstić information content (AvgIpc) is 2.76. The van der Waals surface area contributed by atoms with E-state index in [0.29, 0.717) is 24.6 Å². The Hall–Kier alpha value is -2.64. The van der Waals surface area contributed by atoms with Gasteiger partial charge in [0.05, 0.1) is 12.1 Å². The minimum absolute atomic E-state index is 0. The second kappa shape index (κ2) is 11.5. The molecule has 3 N–H and O–H groups in total. The number of piperidine rings is 1. The normalized spacial score (nSPS) is 15.7. The van der Waals surface area contributed by atoms with Crippen molar-refractivity contribution in [2.75, 3.05) is 26.7 Å². The van der Waals surface area contributed by atoms with Gasteiger partial charge in [0.25, 0.3) is 17.4 Å². The molecule has 0 radical (unpaired) electrons. The van der Waals surface area contributed by atoms with Gasteiger partial charge in [-0.2, -0.15) is 0 Å². The number of carbonyl (C=O) groups excluding carboxylic acids is 2. The number of hydrogen-bond acceptors (Lipinski definition) is 4. The Bertz CT molecular complexity index is 908. The maximum absolute atomic E-state index is 12.7. The molecule has 2 amide bonds. The first-order chi connectivity index (χ1) is 14.1. The van der Waals surface area contributed by atoms with E-state index in [0.717, 1.165) is 25.1 Å². The molecule has 162 valence electrons. The molecular weight excluding hydrogens is 404 g/mol. The minimum atomic E-state index is -0.500. The molecule has 1 aliphatic heterocycles. The first-order valence-corrected chi connectivity index (χ1v) is 10.1. The molecule has 8 heteroatoms. The number of nitrogens with one attached hydrogen (secondary N) is 3. The number of carbonyl (C=O) groups is 2. The molecular formula is C22H29ClN4O3. The summed E-state index contributed by atoms with van der Waals surface area (Å²) in [7, 11) is 1.47. The van der Waals surface area contributed by atoms with Crippen LogP contribution < -0.4 is 21.5 Å². The first kappa shape index (κ1) is 23.6. The lowest BCUT2D eigenvalue weighted by molar-refractivity contribution is 0.0949. The second-order valence-corrected chi connectivity index (χ2v) is 7.40. The van der Waals surface area contributed by atoms with Crippen LogP contribution in [-0.2, 0) is 6.54 Å². The summed E-state index contributed by atoms with van der Waals surface area (Å²) in [6.45, 7) is 2.91. The fraction of sp³-hybridized carbons (Fsp3) is 0.409. The van der Waals surface area contributed by atoms with E-state index in [1.54, 1.807) is 0 Å². The molecule has 2 heterocycles. The smallest absolute Gasteiger partial charge is 0.263 e. The summed E-state index contributed by atoms with van der Waals surface area (Å²) in [5.41, 5.74) is 0.770. The van der Waals surface area contributed by atoms with Crippen LogP contribution in [0.4, 0.5) is 0 Å². The van der Waals surface area contributed by atoms with Crippen molar-refractivity contribution < 1.29 is 9.59 Å². The molecule has 1 atom stereocenters. The van der Waals surface area contributed by atoms with Crippen LogP contribution in [0.15, 0.2) is 47.4 Å². The molecule has 0 saturated carbocycles. The quantitative estimate of drug-likeness (QED) is 0.622. The molecule has 7 nitrogen and oxygen atoms in total. The van der Waals surface area contributed by atoms with Gasteiger partial charge >= 0.3 is 0 Å². The van der Waals surface area contributed by atoms with E-state index in [2.05, 4.69) is 16.0 Å². The monoisotopic (exact) mass is 432 g/mol. The molecule has 0 bridgehead atoms. The van der Waals surface area contributed by atoms with Crippen LogP contribution in [0.1, 0.15) is 45.5 Å². The van der Waals surface area contributed by atoms with Crippen molar-refractivity contribution in [2.45, 2.75) is 25.8 Å². The Morgan fingerprint density at radius 2 is 1.97 bits per heavy atom. The molecule has 2 aromatic rings. The van der Waals surface area contributed by atoms with E-state index < -0.39 is 11.5 Å². The lowest BCUT2D eigenvalue weighted by Crippen LogP contribution is -2.35. The lowest BCUT2D eigenvalue weighted by Gasteiger charge is -2.22. The second-order valence-electron chi connectivity index (χ2n) is 7.40. The SMILES string of the molecule is CNC(=O)c1cc(C(=O)NCCC2CCCNC2)cn(Cc2ccccc2)c1=O.Cl. The number of halogens is 1. The first-order valence-electron chi connectivity index (χ1n) is 10.1. The molecule has 3 rings (SSSR count). The largest absolute Gasteiger partial charge is 0.355 e. The highest BCUT2D eigenvalue weighted by Gasteiger charge is 2.18. The zero-order valence-corrected chi connectivity index (χ0v) is 18.0. The lowest BCUT2D eigenvalue weighted by atomic mass is 9.96. The molecule has 1 aliphatic rings. The molecule has 0 spiro atoms. The molecule has 1 aromatic carbocycles. The Morgan fingerprint density at radius 3 is 2.63 bits per heavy atom. The van der Waals surface area contributed by atoms with Crippen LogP contribution in [0.5, 0.6) is 0 Å². The Labute approximate surface area is 182 Å². The van der Waals surface area contributed by atoms with E-state index >= 15 is 0 Å². The standard InChI is InChI=1S/C22H28N4O3.ClH/c1-23-21(28)19-12-18(20(27)25-11-9-16-8-5-10-24-13-16)15-26(22(19)29)14-17-6-3-2-4-7-17;/h2-4,6-7,12,15-16,24H,5,8-11,13-14H2,1H3,(H,23,28)(H,25,27);1H. The van der Waals surface area contributed by atoms with Gasteiger partial charge in [0.1, 0.15) is 5.56 Å². The number of aromatic nitrogens is 1. The van der Waals surface area contributed by atoms with Crippen LogP contribution >= 0.6 is 12.4 Å². The fourth-order valence-corrected chi connectivity index (χ4v) is 3.62. The van der Waals surface area contributed by atoms with Crippen molar-refractivity contribution >= 4 is 24.2 Å². The van der Waals surface area contributed by atoms with Gasteiger partial charge in [0, 0.05) is 19.8 Å². The maximum Gasteiger partial charge on any atom is 0.263 e. The third-order valence-corrected chi connectivity index (χ3v) is 5.25. The summed E-state index contributed by atoms with van der Waals surface area (Å²) in [6, 6.07) is 10.8. The van der Waals surface area contributed by atoms with Crippen molar-refractivity contribution in [1.82, 2.24) is 20.5 Å². The summed E-state index contributed by atoms with van der Waals surface area (Å²) in [4.78, 5) is 37.6. The van der Waals surface area contributed by atoms with Crippen molar-refractivity contribution in [1.29, 1.82) is 0 Å². The van der Waals surface area contributed by atoms with Gasteiger partial charge in [0.2, 0.25) is 0 Å². The van der Waals surface area contributed by atoms with Crippen LogP contribution in [-0.4, -0.2) is 43.1 Å². The Morgan fingerprint density at radius 1 is 1.20 bits per heavy atom. The summed E-state index contributed by atoms with van der Waals surface area (Å²) < 4.78 is 1.42. The molecule has 1 aromatic heterocycles. The van der Waals surface area contributed by atoms with E-state index in [9.17, 15) is 14.4 Å². The highest BCUT2D eigenvalue weighted by molar-refractivity contribution is 5.99. The topological polar surface area (TPSA) is 92.2 Å². The van der Waals surface area contributed by atoms with E-state index in [1.807, 2.05) is 30.3 Å². The minimum Gasteiger partial charge on any atom is -0.355 e. The van der Waals surface area contributed by atoms with Gasteiger partial charge in [-0.15, -0.1) is 12.4 Å². The van der Waals surface area contributed by atoms with E-state index in [4.69, 9.17) is 0 Å². The van der Waals surface area contributed by atoms with Gasteiger partial charge in [-0.3, -0.25) is 14.4 Å². The third kappa shape index (κ3) is 6.18. The number of benzene rings is 1. The predicted octanol–water partition coefficient (Wildman–Crippen LogP) is 1.80. The van der Waals surface area contributed by atoms with Gasteiger partial charge in [-0.05, 0) is 49.9 Å².